The standard InChI is InChI=1S/C26H19F3N4O2S2/c1-16-13-22(21-12-7-18(26(27,28)29)14-23(21)30-16)31-19-8-10-20(11-9-19)37(34,35)33-25-32-24(15-36-25)17-5-3-2-4-6-17/h2-15H,1H3,(H,30,31)(H,32,33). The highest BCUT2D eigenvalue weighted by Gasteiger charge is 2.30. The summed E-state index contributed by atoms with van der Waals surface area (Å²) in [6.07, 6.45) is -4.47. The fraction of sp³-hybridized carbons (Fsp3) is 0.0769. The van der Waals surface area contributed by atoms with E-state index in [-0.39, 0.29) is 15.5 Å². The van der Waals surface area contributed by atoms with Crippen LogP contribution in [0, 0.1) is 6.92 Å². The smallest absolute Gasteiger partial charge is 0.355 e. The van der Waals surface area contributed by atoms with Crippen molar-refractivity contribution >= 4 is 48.8 Å². The van der Waals surface area contributed by atoms with Crippen LogP contribution in [0.3, 0.4) is 0 Å². The van der Waals surface area contributed by atoms with Crippen molar-refractivity contribution < 1.29 is 21.6 Å². The molecule has 2 heterocycles. The van der Waals surface area contributed by atoms with Gasteiger partial charge < -0.3 is 5.32 Å². The maximum absolute atomic E-state index is 13.1. The number of fused-ring (bicyclic) bond motifs is 1. The summed E-state index contributed by atoms with van der Waals surface area (Å²) in [6, 6.07) is 20.6. The lowest BCUT2D eigenvalue weighted by molar-refractivity contribution is -0.137. The van der Waals surface area contributed by atoms with E-state index < -0.39 is 21.8 Å². The first-order valence-electron chi connectivity index (χ1n) is 11.0. The topological polar surface area (TPSA) is 84.0 Å². The van der Waals surface area contributed by atoms with Gasteiger partial charge >= 0.3 is 6.18 Å². The van der Waals surface area contributed by atoms with Crippen LogP contribution in [0.15, 0.2) is 89.1 Å². The predicted octanol–water partition coefficient (Wildman–Crippen LogP) is 7.23. The Balaban J connectivity index is 1.35. The van der Waals surface area contributed by atoms with Gasteiger partial charge in [0.2, 0.25) is 0 Å². The molecule has 0 aliphatic heterocycles. The van der Waals surface area contributed by atoms with Crippen molar-refractivity contribution in [2.45, 2.75) is 18.0 Å². The second-order valence-electron chi connectivity index (χ2n) is 8.20. The summed E-state index contributed by atoms with van der Waals surface area (Å²) in [4.78, 5) is 8.63. The lowest BCUT2D eigenvalue weighted by Crippen LogP contribution is -2.12. The summed E-state index contributed by atoms with van der Waals surface area (Å²) < 4.78 is 67.6. The van der Waals surface area contributed by atoms with E-state index >= 15 is 0 Å². The number of halogens is 3. The van der Waals surface area contributed by atoms with Crippen molar-refractivity contribution in [3.63, 3.8) is 0 Å². The Labute approximate surface area is 214 Å². The number of thiazole rings is 1. The Morgan fingerprint density at radius 2 is 1.62 bits per heavy atom. The number of anilines is 3. The highest BCUT2D eigenvalue weighted by Crippen LogP contribution is 2.34. The van der Waals surface area contributed by atoms with Gasteiger partial charge in [-0.1, -0.05) is 36.4 Å². The molecule has 3 aromatic carbocycles. The monoisotopic (exact) mass is 540 g/mol. The average Bonchev–Trinajstić information content (AvgIpc) is 3.32. The Hall–Kier alpha value is -3.96. The SMILES string of the molecule is Cc1cc(Nc2ccc(S(=O)(=O)Nc3nc(-c4ccccc4)cs3)cc2)c2ccc(C(F)(F)F)cc2n1. The number of sulfonamides is 1. The molecule has 188 valence electrons. The quantitative estimate of drug-likeness (QED) is 0.237. The zero-order valence-corrected chi connectivity index (χ0v) is 20.9. The third-order valence-electron chi connectivity index (χ3n) is 5.50. The lowest BCUT2D eigenvalue weighted by Gasteiger charge is -2.13. The first-order valence-corrected chi connectivity index (χ1v) is 13.3. The fourth-order valence-electron chi connectivity index (χ4n) is 3.75. The van der Waals surface area contributed by atoms with Crippen molar-refractivity contribution in [2.24, 2.45) is 0 Å². The zero-order valence-electron chi connectivity index (χ0n) is 19.2. The number of hydrogen-bond acceptors (Lipinski definition) is 6. The summed E-state index contributed by atoms with van der Waals surface area (Å²) in [5.74, 6) is 0. The number of nitrogens with zero attached hydrogens (tertiary/aromatic N) is 2. The van der Waals surface area contributed by atoms with Crippen LogP contribution in [0.5, 0.6) is 0 Å². The van der Waals surface area contributed by atoms with Gasteiger partial charge in [-0.15, -0.1) is 11.3 Å². The largest absolute Gasteiger partial charge is 0.416 e. The van der Waals surface area contributed by atoms with Gasteiger partial charge in [0.15, 0.2) is 5.13 Å². The minimum atomic E-state index is -4.47. The Bertz CT molecular complexity index is 1690. The minimum absolute atomic E-state index is 0.0418. The minimum Gasteiger partial charge on any atom is -0.355 e. The number of nitrogens with one attached hydrogen (secondary N) is 2. The van der Waals surface area contributed by atoms with E-state index in [0.29, 0.717) is 28.1 Å². The Morgan fingerprint density at radius 1 is 0.892 bits per heavy atom. The van der Waals surface area contributed by atoms with Gasteiger partial charge in [-0.25, -0.2) is 13.4 Å². The van der Waals surface area contributed by atoms with Crippen molar-refractivity contribution in [1.29, 1.82) is 0 Å². The number of alkyl halides is 3. The number of hydrogen-bond donors (Lipinski definition) is 2. The van der Waals surface area contributed by atoms with Gasteiger partial charge in [0.1, 0.15) is 0 Å². The third-order valence-corrected chi connectivity index (χ3v) is 7.75. The van der Waals surface area contributed by atoms with Crippen molar-refractivity contribution in [3.8, 4) is 11.3 Å². The molecule has 0 aliphatic carbocycles. The number of aromatic nitrogens is 2. The van der Waals surface area contributed by atoms with E-state index in [1.807, 2.05) is 30.3 Å². The number of aryl methyl sites for hydroxylation is 1. The molecule has 0 amide bonds. The summed E-state index contributed by atoms with van der Waals surface area (Å²) in [5, 5.41) is 5.68. The van der Waals surface area contributed by atoms with Crippen molar-refractivity contribution in [1.82, 2.24) is 9.97 Å². The van der Waals surface area contributed by atoms with E-state index in [1.165, 1.54) is 29.5 Å². The van der Waals surface area contributed by atoms with E-state index in [0.717, 1.165) is 17.7 Å². The van der Waals surface area contributed by atoms with Gasteiger partial charge in [-0.3, -0.25) is 9.71 Å². The Kier molecular flexibility index (Phi) is 6.34. The molecule has 0 saturated heterocycles. The second-order valence-corrected chi connectivity index (χ2v) is 10.7. The molecule has 6 nitrogen and oxygen atoms in total. The molecule has 0 radical (unpaired) electrons. The number of pyridine rings is 1. The molecular formula is C26H19F3N4O2S2. The van der Waals surface area contributed by atoms with Crippen LogP contribution < -0.4 is 10.0 Å². The van der Waals surface area contributed by atoms with Gasteiger partial charge in [-0.05, 0) is 49.4 Å². The van der Waals surface area contributed by atoms with Crippen molar-refractivity contribution in [2.75, 3.05) is 10.0 Å². The van der Waals surface area contributed by atoms with Gasteiger partial charge in [-0.2, -0.15) is 13.2 Å². The molecule has 0 aliphatic rings. The molecule has 0 atom stereocenters. The molecule has 5 aromatic rings. The third kappa shape index (κ3) is 5.42. The zero-order chi connectivity index (χ0) is 26.2. The molecule has 0 saturated carbocycles. The second kappa shape index (κ2) is 9.49. The van der Waals surface area contributed by atoms with Gasteiger partial charge in [0.25, 0.3) is 10.0 Å². The van der Waals surface area contributed by atoms with Crippen LogP contribution in [-0.2, 0) is 16.2 Å². The normalized spacial score (nSPS) is 12.0. The predicted molar refractivity (Wildman–Crippen MR) is 140 cm³/mol. The van der Waals surface area contributed by atoms with Crippen LogP contribution in [0.2, 0.25) is 0 Å². The molecule has 37 heavy (non-hydrogen) atoms. The summed E-state index contributed by atoms with van der Waals surface area (Å²) in [6.45, 7) is 1.69. The molecule has 5 rings (SSSR count). The molecule has 2 N–H and O–H groups in total. The van der Waals surface area contributed by atoms with Crippen LogP contribution in [-0.4, -0.2) is 18.4 Å². The number of rotatable bonds is 6. The van der Waals surface area contributed by atoms with Crippen LogP contribution in [0.1, 0.15) is 11.3 Å². The molecular weight excluding hydrogens is 521 g/mol. The van der Waals surface area contributed by atoms with E-state index in [1.54, 1.807) is 30.5 Å². The summed E-state index contributed by atoms with van der Waals surface area (Å²) >= 11 is 1.19. The maximum atomic E-state index is 13.1. The molecule has 0 bridgehead atoms. The van der Waals surface area contributed by atoms with Crippen LogP contribution in [0.4, 0.5) is 29.7 Å². The first-order chi connectivity index (χ1) is 17.6. The van der Waals surface area contributed by atoms with Gasteiger partial charge in [0, 0.05) is 33.4 Å². The van der Waals surface area contributed by atoms with Crippen LogP contribution in [0.25, 0.3) is 22.2 Å². The highest BCUT2D eigenvalue weighted by molar-refractivity contribution is 7.93. The first kappa shape index (κ1) is 24.7. The average molecular weight is 541 g/mol. The molecule has 0 fully saturated rings. The van der Waals surface area contributed by atoms with Crippen LogP contribution >= 0.6 is 11.3 Å². The lowest BCUT2D eigenvalue weighted by atomic mass is 10.1. The van der Waals surface area contributed by atoms with Gasteiger partial charge in [0.05, 0.1) is 21.7 Å². The van der Waals surface area contributed by atoms with Crippen molar-refractivity contribution in [3.05, 3.63) is 95.5 Å². The van der Waals surface area contributed by atoms with E-state index in [4.69, 9.17) is 0 Å². The molecule has 0 spiro atoms. The van der Waals surface area contributed by atoms with E-state index in [2.05, 4.69) is 20.0 Å². The fourth-order valence-corrected chi connectivity index (χ4v) is 5.72. The molecule has 11 heteroatoms. The maximum Gasteiger partial charge on any atom is 0.416 e. The summed E-state index contributed by atoms with van der Waals surface area (Å²) in [7, 11) is -3.88. The molecule has 0 unspecified atom stereocenters. The Morgan fingerprint density at radius 3 is 2.32 bits per heavy atom. The molecule has 2 aromatic heterocycles. The highest BCUT2D eigenvalue weighted by atomic mass is 32.2. The van der Waals surface area contributed by atoms with E-state index in [9.17, 15) is 21.6 Å². The summed E-state index contributed by atoms with van der Waals surface area (Å²) in [5.41, 5.74) is 2.64. The number of benzene rings is 3.